The number of aromatic nitrogens is 2. The number of carbonyl (C=O) groups is 1. The molecular formula is C32H38Cl3N5O2. The minimum atomic E-state index is -0.162. The molecule has 2 heterocycles. The lowest BCUT2D eigenvalue weighted by molar-refractivity contribution is 0.0946. The first-order valence-corrected chi connectivity index (χ1v) is 14.1. The Bertz CT molecular complexity index is 1470. The molecule has 0 spiro atoms. The zero-order valence-electron chi connectivity index (χ0n) is 24.2. The van der Waals surface area contributed by atoms with Crippen molar-refractivity contribution in [3.8, 4) is 22.8 Å². The maximum absolute atomic E-state index is 13.3. The van der Waals surface area contributed by atoms with Gasteiger partial charge in [-0.25, -0.2) is 4.98 Å². The molecule has 1 fully saturated rings. The fourth-order valence-corrected chi connectivity index (χ4v) is 5.52. The van der Waals surface area contributed by atoms with E-state index in [4.69, 9.17) is 21.3 Å². The van der Waals surface area contributed by atoms with Crippen LogP contribution in [0.2, 0.25) is 5.02 Å². The third-order valence-corrected chi connectivity index (χ3v) is 7.98. The number of methoxy groups -OCH3 is 1. The number of hydrogen-bond donors (Lipinski definition) is 1. The molecule has 0 saturated carbocycles. The largest absolute Gasteiger partial charge is 0.495 e. The molecule has 224 valence electrons. The van der Waals surface area contributed by atoms with Crippen LogP contribution in [0.3, 0.4) is 0 Å². The van der Waals surface area contributed by atoms with Gasteiger partial charge in [0.2, 0.25) is 0 Å². The van der Waals surface area contributed by atoms with Crippen LogP contribution in [-0.4, -0.2) is 66.7 Å². The van der Waals surface area contributed by atoms with Gasteiger partial charge in [0.1, 0.15) is 17.3 Å². The Labute approximate surface area is 265 Å². The van der Waals surface area contributed by atoms with Gasteiger partial charge in [-0.15, -0.1) is 24.8 Å². The van der Waals surface area contributed by atoms with Crippen molar-refractivity contribution in [1.82, 2.24) is 19.8 Å². The van der Waals surface area contributed by atoms with E-state index in [1.807, 2.05) is 78.2 Å². The van der Waals surface area contributed by atoms with E-state index >= 15 is 0 Å². The topological polar surface area (TPSA) is 62.6 Å². The molecule has 0 aliphatic carbocycles. The fraction of sp³-hybridized carbons (Fsp3) is 0.312. The summed E-state index contributed by atoms with van der Waals surface area (Å²) in [6.07, 6.45) is 0.875. The second kappa shape index (κ2) is 15.3. The molecule has 1 aliphatic rings. The highest BCUT2D eigenvalue weighted by atomic mass is 35.5. The first-order chi connectivity index (χ1) is 19.5. The van der Waals surface area contributed by atoms with Gasteiger partial charge >= 0.3 is 0 Å². The maximum Gasteiger partial charge on any atom is 0.271 e. The molecule has 0 unspecified atom stereocenters. The third kappa shape index (κ3) is 7.21. The molecule has 0 atom stereocenters. The Morgan fingerprint density at radius 3 is 2.29 bits per heavy atom. The van der Waals surface area contributed by atoms with Crippen molar-refractivity contribution >= 4 is 48.0 Å². The summed E-state index contributed by atoms with van der Waals surface area (Å²) in [4.78, 5) is 23.0. The summed E-state index contributed by atoms with van der Waals surface area (Å²) in [6.45, 7) is 9.45. The number of para-hydroxylation sites is 2. The van der Waals surface area contributed by atoms with Crippen molar-refractivity contribution in [2.24, 2.45) is 0 Å². The van der Waals surface area contributed by atoms with Gasteiger partial charge in [-0.1, -0.05) is 60.1 Å². The van der Waals surface area contributed by atoms with Crippen LogP contribution in [0.5, 0.6) is 5.75 Å². The molecule has 1 saturated heterocycles. The van der Waals surface area contributed by atoms with Gasteiger partial charge in [0, 0.05) is 49.0 Å². The highest BCUT2D eigenvalue weighted by Crippen LogP contribution is 2.31. The number of amides is 1. The number of benzene rings is 3. The SMILES string of the molecule is COc1ccccc1-n1c(-c2ccccc2)nc(C(=O)NCCCN2CCN(c3cccc(Cl)c3C)CC2)c1C.Cl.Cl. The second-order valence-corrected chi connectivity index (χ2v) is 10.5. The van der Waals surface area contributed by atoms with Gasteiger partial charge in [0.15, 0.2) is 0 Å². The third-order valence-electron chi connectivity index (χ3n) is 7.57. The molecular weight excluding hydrogens is 593 g/mol. The predicted octanol–water partition coefficient (Wildman–Crippen LogP) is 6.60. The van der Waals surface area contributed by atoms with Crippen LogP contribution >= 0.6 is 36.4 Å². The van der Waals surface area contributed by atoms with Gasteiger partial charge in [-0.05, 0) is 56.6 Å². The number of imidazole rings is 1. The fourth-order valence-electron chi connectivity index (χ4n) is 5.35. The lowest BCUT2D eigenvalue weighted by Gasteiger charge is -2.37. The molecule has 4 aromatic rings. The quantitative estimate of drug-likeness (QED) is 0.211. The zero-order valence-corrected chi connectivity index (χ0v) is 26.6. The Balaban J connectivity index is 0.00000242. The molecule has 3 aromatic carbocycles. The highest BCUT2D eigenvalue weighted by Gasteiger charge is 2.23. The van der Waals surface area contributed by atoms with Gasteiger partial charge < -0.3 is 15.0 Å². The molecule has 1 aliphatic heterocycles. The van der Waals surface area contributed by atoms with Crippen molar-refractivity contribution in [3.05, 3.63) is 94.8 Å². The van der Waals surface area contributed by atoms with Crippen LogP contribution in [0.15, 0.2) is 72.8 Å². The van der Waals surface area contributed by atoms with E-state index in [0.29, 0.717) is 18.1 Å². The standard InChI is InChI=1S/C32H36ClN5O2.2ClH/c1-23-26(33)13-9-15-27(23)37-21-19-36(20-22-37)18-10-17-34-32(39)30-24(2)38(28-14-7-8-16-29(28)40-3)31(35-30)25-11-5-4-6-12-25;;/h4-9,11-16H,10,17-22H2,1-3H3,(H,34,39);2*1H. The summed E-state index contributed by atoms with van der Waals surface area (Å²) in [7, 11) is 1.65. The predicted molar refractivity (Wildman–Crippen MR) is 177 cm³/mol. The van der Waals surface area contributed by atoms with E-state index in [-0.39, 0.29) is 30.7 Å². The first kappa shape index (κ1) is 33.3. The monoisotopic (exact) mass is 629 g/mol. The van der Waals surface area contributed by atoms with Crippen molar-refractivity contribution in [3.63, 3.8) is 0 Å². The van der Waals surface area contributed by atoms with E-state index < -0.39 is 0 Å². The van der Waals surface area contributed by atoms with Crippen molar-refractivity contribution in [1.29, 1.82) is 0 Å². The smallest absolute Gasteiger partial charge is 0.271 e. The molecule has 1 N–H and O–H groups in total. The van der Waals surface area contributed by atoms with Crippen molar-refractivity contribution in [2.45, 2.75) is 20.3 Å². The van der Waals surface area contributed by atoms with Crippen LogP contribution in [0.25, 0.3) is 17.1 Å². The van der Waals surface area contributed by atoms with E-state index in [2.05, 4.69) is 28.1 Å². The second-order valence-electron chi connectivity index (χ2n) is 10.1. The average Bonchev–Trinajstić information content (AvgIpc) is 3.34. The Morgan fingerprint density at radius 2 is 1.57 bits per heavy atom. The number of nitrogens with zero attached hydrogens (tertiary/aromatic N) is 4. The van der Waals surface area contributed by atoms with E-state index in [1.165, 1.54) is 5.69 Å². The maximum atomic E-state index is 13.3. The molecule has 0 bridgehead atoms. The zero-order chi connectivity index (χ0) is 28.1. The molecule has 42 heavy (non-hydrogen) atoms. The van der Waals surface area contributed by atoms with Gasteiger partial charge in [0.25, 0.3) is 5.91 Å². The number of halogens is 3. The number of anilines is 1. The average molecular weight is 631 g/mol. The summed E-state index contributed by atoms with van der Waals surface area (Å²) in [6, 6.07) is 23.8. The highest BCUT2D eigenvalue weighted by molar-refractivity contribution is 6.31. The van der Waals surface area contributed by atoms with Gasteiger partial charge in [-0.2, -0.15) is 0 Å². The normalized spacial score (nSPS) is 13.2. The van der Waals surface area contributed by atoms with Crippen LogP contribution in [-0.2, 0) is 0 Å². The minimum absolute atomic E-state index is 0. The Hall–Kier alpha value is -3.23. The molecule has 1 amide bonds. The molecule has 0 radical (unpaired) electrons. The molecule has 10 heteroatoms. The number of nitrogens with one attached hydrogen (secondary N) is 1. The summed E-state index contributed by atoms with van der Waals surface area (Å²) < 4.78 is 7.64. The summed E-state index contributed by atoms with van der Waals surface area (Å²) >= 11 is 6.33. The number of rotatable bonds is 9. The van der Waals surface area contributed by atoms with E-state index in [9.17, 15) is 4.79 Å². The minimum Gasteiger partial charge on any atom is -0.495 e. The lowest BCUT2D eigenvalue weighted by Crippen LogP contribution is -2.47. The van der Waals surface area contributed by atoms with Gasteiger partial charge in [0.05, 0.1) is 18.5 Å². The van der Waals surface area contributed by atoms with Crippen LogP contribution in [0, 0.1) is 13.8 Å². The lowest BCUT2D eigenvalue weighted by atomic mass is 10.1. The van der Waals surface area contributed by atoms with Gasteiger partial charge in [-0.3, -0.25) is 14.3 Å². The Kier molecular flexibility index (Phi) is 12.1. The van der Waals surface area contributed by atoms with Crippen LogP contribution in [0.1, 0.15) is 28.2 Å². The van der Waals surface area contributed by atoms with Crippen molar-refractivity contribution in [2.75, 3.05) is 51.3 Å². The molecule has 7 nitrogen and oxygen atoms in total. The number of hydrogen-bond acceptors (Lipinski definition) is 5. The number of piperazine rings is 1. The summed E-state index contributed by atoms with van der Waals surface area (Å²) in [5, 5.41) is 3.92. The van der Waals surface area contributed by atoms with Crippen LogP contribution in [0.4, 0.5) is 5.69 Å². The van der Waals surface area contributed by atoms with Crippen LogP contribution < -0.4 is 15.0 Å². The molecule has 1 aromatic heterocycles. The Morgan fingerprint density at radius 1 is 0.905 bits per heavy atom. The van der Waals surface area contributed by atoms with E-state index in [1.54, 1.807) is 7.11 Å². The summed E-state index contributed by atoms with van der Waals surface area (Å²) in [5.74, 6) is 1.27. The number of ether oxygens (including phenoxy) is 1. The van der Waals surface area contributed by atoms with E-state index in [0.717, 1.165) is 72.4 Å². The summed E-state index contributed by atoms with van der Waals surface area (Å²) in [5.41, 5.74) is 5.34. The molecule has 5 rings (SSSR count). The number of carbonyl (C=O) groups excluding carboxylic acids is 1. The van der Waals surface area contributed by atoms with Crippen molar-refractivity contribution < 1.29 is 9.53 Å². The first-order valence-electron chi connectivity index (χ1n) is 13.8.